The molecule has 0 spiro atoms. The number of rotatable bonds is 5. The van der Waals surface area contributed by atoms with Crippen LogP contribution in [0.15, 0.2) is 115 Å². The standard InChI is InChI=1S/C36H30N2O.C2H6/c1-4-38-33-16-14-27(29-18-23-10-6-8-12-25(23)20-31(29)33)35-21(2)34(36(35)39-3)26-13-15-32(37)30-19-24-11-7-5-9-22(24)17-28(26)30;1-2/h5-20,35,38H,2,4,37H2,1,3H3;1-2H3. The number of benzene rings is 6. The van der Waals surface area contributed by atoms with Gasteiger partial charge in [-0.1, -0.05) is 81.1 Å². The zero-order valence-corrected chi connectivity index (χ0v) is 24.2. The Hall–Kier alpha value is -4.76. The Morgan fingerprint density at radius 3 is 1.88 bits per heavy atom. The minimum atomic E-state index is -0.0163. The van der Waals surface area contributed by atoms with Gasteiger partial charge in [0, 0.05) is 34.3 Å². The van der Waals surface area contributed by atoms with Crippen LogP contribution in [0.3, 0.4) is 0 Å². The molecule has 0 saturated carbocycles. The number of ether oxygens (including phenoxy) is 1. The molecule has 41 heavy (non-hydrogen) atoms. The lowest BCUT2D eigenvalue weighted by atomic mass is 9.70. The molecule has 0 amide bonds. The first-order valence-electron chi connectivity index (χ1n) is 14.5. The quantitative estimate of drug-likeness (QED) is 0.170. The van der Waals surface area contributed by atoms with E-state index in [9.17, 15) is 0 Å². The molecule has 6 aromatic rings. The molecule has 7 rings (SSSR count). The molecule has 0 aromatic heterocycles. The summed E-state index contributed by atoms with van der Waals surface area (Å²) in [5.41, 5.74) is 12.9. The summed E-state index contributed by atoms with van der Waals surface area (Å²) in [5, 5.41) is 13.0. The lowest BCUT2D eigenvalue weighted by Gasteiger charge is -2.36. The molecule has 3 nitrogen and oxygen atoms in total. The topological polar surface area (TPSA) is 47.3 Å². The molecule has 0 heterocycles. The summed E-state index contributed by atoms with van der Waals surface area (Å²) in [5.74, 6) is 0.933. The van der Waals surface area contributed by atoms with E-state index in [1.54, 1.807) is 7.11 Å². The smallest absolute Gasteiger partial charge is 0.116 e. The molecular weight excluding hydrogens is 500 g/mol. The summed E-state index contributed by atoms with van der Waals surface area (Å²) in [6.07, 6.45) is 0. The fraction of sp³-hybridized carbons (Fsp3) is 0.158. The van der Waals surface area contributed by atoms with E-state index in [-0.39, 0.29) is 5.92 Å². The van der Waals surface area contributed by atoms with Crippen LogP contribution < -0.4 is 11.1 Å². The highest BCUT2D eigenvalue weighted by Gasteiger charge is 2.39. The van der Waals surface area contributed by atoms with Gasteiger partial charge in [-0.05, 0) is 92.3 Å². The molecule has 1 atom stereocenters. The highest BCUT2D eigenvalue weighted by molar-refractivity contribution is 6.12. The third kappa shape index (κ3) is 4.20. The van der Waals surface area contributed by atoms with E-state index in [4.69, 9.17) is 10.5 Å². The number of allylic oxidation sites excluding steroid dienone is 2. The van der Waals surface area contributed by atoms with E-state index >= 15 is 0 Å². The van der Waals surface area contributed by atoms with E-state index in [1.165, 1.54) is 37.9 Å². The van der Waals surface area contributed by atoms with Crippen molar-refractivity contribution in [3.63, 3.8) is 0 Å². The molecule has 0 saturated heterocycles. The summed E-state index contributed by atoms with van der Waals surface area (Å²) in [6, 6.07) is 34.5. The first-order valence-corrected chi connectivity index (χ1v) is 14.5. The lowest BCUT2D eigenvalue weighted by molar-refractivity contribution is 0.265. The van der Waals surface area contributed by atoms with Crippen molar-refractivity contribution in [3.8, 4) is 0 Å². The van der Waals surface area contributed by atoms with Crippen LogP contribution in [0.4, 0.5) is 11.4 Å². The maximum atomic E-state index is 6.47. The van der Waals surface area contributed by atoms with Gasteiger partial charge in [0.2, 0.25) is 0 Å². The number of nitrogen functional groups attached to an aromatic ring is 1. The monoisotopic (exact) mass is 536 g/mol. The average molecular weight is 537 g/mol. The zero-order chi connectivity index (χ0) is 28.7. The Labute approximate surface area is 241 Å². The van der Waals surface area contributed by atoms with Gasteiger partial charge in [-0.15, -0.1) is 0 Å². The van der Waals surface area contributed by atoms with Crippen molar-refractivity contribution in [2.75, 3.05) is 24.7 Å². The molecule has 1 unspecified atom stereocenters. The molecule has 6 aromatic carbocycles. The van der Waals surface area contributed by atoms with Crippen molar-refractivity contribution in [1.29, 1.82) is 0 Å². The Bertz CT molecular complexity index is 2000. The summed E-state index contributed by atoms with van der Waals surface area (Å²) in [6.45, 7) is 11.6. The van der Waals surface area contributed by atoms with Gasteiger partial charge in [-0.25, -0.2) is 0 Å². The minimum absolute atomic E-state index is 0.0163. The molecule has 3 N–H and O–H groups in total. The molecular formula is C38H36N2O. The van der Waals surface area contributed by atoms with Crippen LogP contribution in [0.1, 0.15) is 37.8 Å². The molecule has 3 heteroatoms. The molecule has 0 bridgehead atoms. The number of fused-ring (bicyclic) bond motifs is 4. The van der Waals surface area contributed by atoms with Gasteiger partial charge in [-0.2, -0.15) is 0 Å². The highest BCUT2D eigenvalue weighted by atomic mass is 16.5. The summed E-state index contributed by atoms with van der Waals surface area (Å²) in [4.78, 5) is 0. The van der Waals surface area contributed by atoms with Gasteiger partial charge in [-0.3, -0.25) is 0 Å². The lowest BCUT2D eigenvalue weighted by Crippen LogP contribution is -2.21. The molecule has 204 valence electrons. The van der Waals surface area contributed by atoms with E-state index < -0.39 is 0 Å². The second-order valence-corrected chi connectivity index (χ2v) is 10.3. The van der Waals surface area contributed by atoms with Crippen LogP contribution in [0.5, 0.6) is 0 Å². The second-order valence-electron chi connectivity index (χ2n) is 10.3. The van der Waals surface area contributed by atoms with Gasteiger partial charge in [0.15, 0.2) is 0 Å². The van der Waals surface area contributed by atoms with Crippen LogP contribution >= 0.6 is 0 Å². The number of anilines is 2. The number of hydrogen-bond acceptors (Lipinski definition) is 3. The van der Waals surface area contributed by atoms with Crippen molar-refractivity contribution in [3.05, 3.63) is 126 Å². The van der Waals surface area contributed by atoms with E-state index in [0.29, 0.717) is 0 Å². The molecule has 0 fully saturated rings. The normalized spacial score (nSPS) is 14.7. The van der Waals surface area contributed by atoms with Crippen LogP contribution in [0.25, 0.3) is 48.7 Å². The van der Waals surface area contributed by atoms with E-state index in [1.807, 2.05) is 19.9 Å². The predicted molar refractivity (Wildman–Crippen MR) is 179 cm³/mol. The number of methoxy groups -OCH3 is 1. The van der Waals surface area contributed by atoms with Crippen molar-refractivity contribution >= 4 is 60.0 Å². The first-order chi connectivity index (χ1) is 20.1. The Balaban J connectivity index is 0.00000148. The van der Waals surface area contributed by atoms with Gasteiger partial charge < -0.3 is 15.8 Å². The fourth-order valence-corrected chi connectivity index (χ4v) is 6.31. The summed E-state index contributed by atoms with van der Waals surface area (Å²) < 4.78 is 6.14. The van der Waals surface area contributed by atoms with Crippen molar-refractivity contribution in [2.24, 2.45) is 0 Å². The maximum absolute atomic E-state index is 6.47. The van der Waals surface area contributed by atoms with Crippen LogP contribution in [-0.4, -0.2) is 13.7 Å². The first kappa shape index (κ1) is 26.5. The van der Waals surface area contributed by atoms with Crippen molar-refractivity contribution < 1.29 is 4.74 Å². The van der Waals surface area contributed by atoms with Gasteiger partial charge in [0.1, 0.15) is 5.76 Å². The zero-order valence-electron chi connectivity index (χ0n) is 24.2. The molecule has 1 aliphatic rings. The Morgan fingerprint density at radius 2 is 1.29 bits per heavy atom. The van der Waals surface area contributed by atoms with Gasteiger partial charge >= 0.3 is 0 Å². The molecule has 1 aliphatic carbocycles. The summed E-state index contributed by atoms with van der Waals surface area (Å²) in [7, 11) is 1.77. The fourth-order valence-electron chi connectivity index (χ4n) is 6.31. The van der Waals surface area contributed by atoms with Crippen LogP contribution in [0.2, 0.25) is 0 Å². The Morgan fingerprint density at radius 1 is 0.732 bits per heavy atom. The highest BCUT2D eigenvalue weighted by Crippen LogP contribution is 2.54. The largest absolute Gasteiger partial charge is 0.499 e. The molecule has 0 aliphatic heterocycles. The minimum Gasteiger partial charge on any atom is -0.499 e. The number of nitrogens with two attached hydrogens (primary N) is 1. The molecule has 0 radical (unpaired) electrons. The van der Waals surface area contributed by atoms with Crippen LogP contribution in [-0.2, 0) is 4.74 Å². The Kier molecular flexibility index (Phi) is 6.88. The van der Waals surface area contributed by atoms with Crippen molar-refractivity contribution in [1.82, 2.24) is 0 Å². The van der Waals surface area contributed by atoms with E-state index in [2.05, 4.69) is 110 Å². The van der Waals surface area contributed by atoms with Gasteiger partial charge in [0.05, 0.1) is 13.0 Å². The van der Waals surface area contributed by atoms with Gasteiger partial charge in [0.25, 0.3) is 0 Å². The average Bonchev–Trinajstić information content (AvgIpc) is 3.01. The SMILES string of the molecule is C=C1C(c2ccc(N)c3cc4ccccc4cc23)=C(OC)C1c1ccc(NCC)c2cc3ccccc3cc12.CC. The van der Waals surface area contributed by atoms with E-state index in [0.717, 1.165) is 51.2 Å². The third-order valence-corrected chi connectivity index (χ3v) is 8.18. The third-order valence-electron chi connectivity index (χ3n) is 8.18. The number of nitrogens with one attached hydrogen (secondary N) is 1. The predicted octanol–water partition coefficient (Wildman–Crippen LogP) is 10.1. The summed E-state index contributed by atoms with van der Waals surface area (Å²) >= 11 is 0. The maximum Gasteiger partial charge on any atom is 0.116 e. The van der Waals surface area contributed by atoms with Crippen LogP contribution in [0, 0.1) is 0 Å². The second kappa shape index (κ2) is 10.7. The van der Waals surface area contributed by atoms with Crippen molar-refractivity contribution in [2.45, 2.75) is 26.7 Å². The number of hydrogen-bond donors (Lipinski definition) is 2.